The highest BCUT2D eigenvalue weighted by molar-refractivity contribution is 5.93. The van der Waals surface area contributed by atoms with Crippen molar-refractivity contribution in [2.45, 2.75) is 6.54 Å². The highest BCUT2D eigenvalue weighted by Crippen LogP contribution is 2.12. The van der Waals surface area contributed by atoms with Gasteiger partial charge in [-0.15, -0.1) is 0 Å². The normalized spacial score (nSPS) is 10.4. The van der Waals surface area contributed by atoms with Crippen molar-refractivity contribution < 1.29 is 9.53 Å². The first-order valence-corrected chi connectivity index (χ1v) is 6.81. The molecule has 0 saturated heterocycles. The lowest BCUT2D eigenvalue weighted by molar-refractivity contribution is 0.0954. The number of amides is 1. The number of carbonyl (C=O) groups is 1. The van der Waals surface area contributed by atoms with Gasteiger partial charge in [-0.2, -0.15) is 5.10 Å². The van der Waals surface area contributed by atoms with Crippen LogP contribution in [0.15, 0.2) is 36.7 Å². The Morgan fingerprint density at radius 3 is 2.71 bits per heavy atom. The molecule has 0 unspecified atom stereocenters. The van der Waals surface area contributed by atoms with E-state index < -0.39 is 0 Å². The van der Waals surface area contributed by atoms with Gasteiger partial charge in [-0.3, -0.25) is 9.48 Å². The topological polar surface area (TPSA) is 68.2 Å². The van der Waals surface area contributed by atoms with Crippen molar-refractivity contribution in [1.82, 2.24) is 20.4 Å². The summed E-state index contributed by atoms with van der Waals surface area (Å²) in [4.78, 5) is 11.9. The van der Waals surface area contributed by atoms with Gasteiger partial charge in [-0.05, 0) is 24.7 Å². The molecule has 2 N–H and O–H groups in total. The minimum atomic E-state index is -0.105. The van der Waals surface area contributed by atoms with Crippen molar-refractivity contribution in [2.24, 2.45) is 0 Å². The first-order valence-electron chi connectivity index (χ1n) is 6.81. The molecule has 0 aliphatic heterocycles. The highest BCUT2D eigenvalue weighted by Gasteiger charge is 2.08. The first-order chi connectivity index (χ1) is 10.2. The van der Waals surface area contributed by atoms with E-state index in [1.807, 2.05) is 31.3 Å². The Labute approximate surface area is 124 Å². The van der Waals surface area contributed by atoms with Gasteiger partial charge in [0.1, 0.15) is 5.75 Å². The van der Waals surface area contributed by atoms with E-state index in [9.17, 15) is 4.79 Å². The number of hydrogen-bond donors (Lipinski definition) is 2. The maximum absolute atomic E-state index is 11.9. The van der Waals surface area contributed by atoms with Crippen molar-refractivity contribution in [3.05, 3.63) is 47.8 Å². The fourth-order valence-corrected chi connectivity index (χ4v) is 1.89. The number of likely N-dealkylation sites (N-methyl/N-ethyl adjacent to an activating group) is 1. The van der Waals surface area contributed by atoms with E-state index in [2.05, 4.69) is 15.7 Å². The molecule has 2 aromatic rings. The minimum absolute atomic E-state index is 0.105. The molecule has 0 atom stereocenters. The largest absolute Gasteiger partial charge is 0.497 e. The maximum Gasteiger partial charge on any atom is 0.254 e. The van der Waals surface area contributed by atoms with Crippen LogP contribution in [0.25, 0.3) is 0 Å². The zero-order chi connectivity index (χ0) is 15.1. The third-order valence-corrected chi connectivity index (χ3v) is 3.06. The molecule has 0 aliphatic carbocycles. The molecule has 0 radical (unpaired) electrons. The van der Waals surface area contributed by atoms with Gasteiger partial charge < -0.3 is 15.4 Å². The molecule has 1 heterocycles. The molecule has 2 rings (SSSR count). The number of carbonyl (C=O) groups excluding carboxylic acids is 1. The highest BCUT2D eigenvalue weighted by atomic mass is 16.5. The van der Waals surface area contributed by atoms with Crippen LogP contribution in [0.2, 0.25) is 0 Å². The molecule has 0 fully saturated rings. The van der Waals surface area contributed by atoms with Crippen molar-refractivity contribution >= 4 is 5.91 Å². The molecular weight excluding hydrogens is 268 g/mol. The Kier molecular flexibility index (Phi) is 5.34. The average Bonchev–Trinajstić information content (AvgIpc) is 2.97. The van der Waals surface area contributed by atoms with Crippen LogP contribution in [0.5, 0.6) is 5.75 Å². The summed E-state index contributed by atoms with van der Waals surface area (Å²) in [6.07, 6.45) is 3.33. The smallest absolute Gasteiger partial charge is 0.254 e. The molecule has 1 aromatic carbocycles. The number of benzene rings is 1. The van der Waals surface area contributed by atoms with Crippen LogP contribution >= 0.6 is 0 Å². The van der Waals surface area contributed by atoms with Crippen LogP contribution in [0.3, 0.4) is 0 Å². The monoisotopic (exact) mass is 288 g/mol. The maximum atomic E-state index is 11.9. The van der Waals surface area contributed by atoms with Gasteiger partial charge in [0.05, 0.1) is 25.4 Å². The predicted molar refractivity (Wildman–Crippen MR) is 80.6 cm³/mol. The predicted octanol–water partition coefficient (Wildman–Crippen LogP) is 0.889. The zero-order valence-electron chi connectivity index (χ0n) is 12.3. The van der Waals surface area contributed by atoms with E-state index in [1.165, 1.54) is 0 Å². The zero-order valence-corrected chi connectivity index (χ0v) is 12.3. The fraction of sp³-hybridized carbons (Fsp3) is 0.333. The molecule has 0 spiro atoms. The van der Waals surface area contributed by atoms with Crippen LogP contribution in [-0.4, -0.2) is 42.9 Å². The molecule has 6 heteroatoms. The van der Waals surface area contributed by atoms with Gasteiger partial charge in [-0.25, -0.2) is 0 Å². The SMILES string of the molecule is CNCCNC(=O)c1cnn(Cc2ccc(OC)cc2)c1. The summed E-state index contributed by atoms with van der Waals surface area (Å²) < 4.78 is 6.87. The quantitative estimate of drug-likeness (QED) is 0.743. The van der Waals surface area contributed by atoms with Gasteiger partial charge in [-0.1, -0.05) is 12.1 Å². The lowest BCUT2D eigenvalue weighted by atomic mass is 10.2. The Balaban J connectivity index is 1.94. The number of ether oxygens (including phenoxy) is 1. The van der Waals surface area contributed by atoms with Crippen molar-refractivity contribution in [3.63, 3.8) is 0 Å². The summed E-state index contributed by atoms with van der Waals surface area (Å²) in [7, 11) is 3.49. The number of aromatic nitrogens is 2. The van der Waals surface area contributed by atoms with E-state index in [1.54, 1.807) is 24.2 Å². The molecule has 1 amide bonds. The Hall–Kier alpha value is -2.34. The molecule has 1 aromatic heterocycles. The molecule has 0 saturated carbocycles. The minimum Gasteiger partial charge on any atom is -0.497 e. The van der Waals surface area contributed by atoms with Crippen molar-refractivity contribution in [2.75, 3.05) is 27.2 Å². The first kappa shape index (κ1) is 15.1. The van der Waals surface area contributed by atoms with Crippen LogP contribution in [0.1, 0.15) is 15.9 Å². The second-order valence-corrected chi connectivity index (χ2v) is 4.63. The Bertz CT molecular complexity index is 578. The summed E-state index contributed by atoms with van der Waals surface area (Å²) in [6, 6.07) is 7.77. The third kappa shape index (κ3) is 4.32. The summed E-state index contributed by atoms with van der Waals surface area (Å²) in [5.41, 5.74) is 1.67. The van der Waals surface area contributed by atoms with Crippen molar-refractivity contribution in [3.8, 4) is 5.75 Å². The third-order valence-electron chi connectivity index (χ3n) is 3.06. The van der Waals surface area contributed by atoms with E-state index in [-0.39, 0.29) is 5.91 Å². The van der Waals surface area contributed by atoms with E-state index in [0.717, 1.165) is 17.9 Å². The molecule has 6 nitrogen and oxygen atoms in total. The number of hydrogen-bond acceptors (Lipinski definition) is 4. The van der Waals surface area contributed by atoms with Gasteiger partial charge in [0.15, 0.2) is 0 Å². The van der Waals surface area contributed by atoms with E-state index >= 15 is 0 Å². The molecule has 21 heavy (non-hydrogen) atoms. The van der Waals surface area contributed by atoms with E-state index in [4.69, 9.17) is 4.74 Å². The molecule has 0 aliphatic rings. The van der Waals surface area contributed by atoms with Crippen LogP contribution < -0.4 is 15.4 Å². The number of nitrogens with one attached hydrogen (secondary N) is 2. The summed E-state index contributed by atoms with van der Waals surface area (Å²) in [6.45, 7) is 1.96. The van der Waals surface area contributed by atoms with E-state index in [0.29, 0.717) is 18.7 Å². The van der Waals surface area contributed by atoms with Gasteiger partial charge >= 0.3 is 0 Å². The average molecular weight is 288 g/mol. The molecule has 0 bridgehead atoms. The molecular formula is C15H20N4O2. The fourth-order valence-electron chi connectivity index (χ4n) is 1.89. The summed E-state index contributed by atoms with van der Waals surface area (Å²) in [5.74, 6) is 0.718. The summed E-state index contributed by atoms with van der Waals surface area (Å²) >= 11 is 0. The van der Waals surface area contributed by atoms with Crippen LogP contribution in [0.4, 0.5) is 0 Å². The number of methoxy groups -OCH3 is 1. The van der Waals surface area contributed by atoms with Gasteiger partial charge in [0.25, 0.3) is 5.91 Å². The Morgan fingerprint density at radius 1 is 1.29 bits per heavy atom. The van der Waals surface area contributed by atoms with Gasteiger partial charge in [0.2, 0.25) is 0 Å². The molecule has 112 valence electrons. The standard InChI is InChI=1S/C15H20N4O2/c1-16-7-8-17-15(20)13-9-18-19(11-13)10-12-3-5-14(21-2)6-4-12/h3-6,9,11,16H,7-8,10H2,1-2H3,(H,17,20). The second-order valence-electron chi connectivity index (χ2n) is 4.63. The Morgan fingerprint density at radius 2 is 2.05 bits per heavy atom. The number of nitrogens with zero attached hydrogens (tertiary/aromatic N) is 2. The van der Waals surface area contributed by atoms with Crippen LogP contribution in [-0.2, 0) is 6.54 Å². The summed E-state index contributed by atoms with van der Waals surface area (Å²) in [5, 5.41) is 10.0. The van der Waals surface area contributed by atoms with Crippen molar-refractivity contribution in [1.29, 1.82) is 0 Å². The van der Waals surface area contributed by atoms with Gasteiger partial charge in [0, 0.05) is 19.3 Å². The number of rotatable bonds is 7. The lowest BCUT2D eigenvalue weighted by Gasteiger charge is -2.04. The van der Waals surface area contributed by atoms with Crippen LogP contribution in [0, 0.1) is 0 Å². The lowest BCUT2D eigenvalue weighted by Crippen LogP contribution is -2.30. The second kappa shape index (κ2) is 7.44.